The van der Waals surface area contributed by atoms with Crippen molar-refractivity contribution in [3.8, 4) is 5.75 Å². The zero-order chi connectivity index (χ0) is 25.8. The lowest BCUT2D eigenvalue weighted by molar-refractivity contribution is -0.127. The highest BCUT2D eigenvalue weighted by molar-refractivity contribution is 14.1. The van der Waals surface area contributed by atoms with Crippen LogP contribution in [0.15, 0.2) is 65.6 Å². The molecule has 36 heavy (non-hydrogen) atoms. The maximum Gasteiger partial charge on any atom is 0.294 e. The Morgan fingerprint density at radius 3 is 2.56 bits per heavy atom. The number of imide groups is 1. The van der Waals surface area contributed by atoms with E-state index in [0.29, 0.717) is 23.6 Å². The van der Waals surface area contributed by atoms with Gasteiger partial charge in [0.25, 0.3) is 11.1 Å². The van der Waals surface area contributed by atoms with Crippen LogP contribution in [0.1, 0.15) is 22.3 Å². The average Bonchev–Trinajstić information content (AvgIpc) is 3.09. The van der Waals surface area contributed by atoms with Crippen LogP contribution in [0.2, 0.25) is 0 Å². The summed E-state index contributed by atoms with van der Waals surface area (Å²) in [6.45, 7) is 3.89. The van der Waals surface area contributed by atoms with Gasteiger partial charge in [-0.15, -0.1) is 0 Å². The third-order valence-corrected chi connectivity index (χ3v) is 7.94. The lowest BCUT2D eigenvalue weighted by Gasteiger charge is -2.14. The van der Waals surface area contributed by atoms with E-state index in [0.717, 1.165) is 40.5 Å². The molecule has 0 bridgehead atoms. The highest BCUT2D eigenvalue weighted by atomic mass is 127. The van der Waals surface area contributed by atoms with Gasteiger partial charge in [-0.2, -0.15) is 0 Å². The van der Waals surface area contributed by atoms with Crippen molar-refractivity contribution in [2.45, 2.75) is 20.5 Å². The molecule has 0 aromatic heterocycles. The van der Waals surface area contributed by atoms with Crippen LogP contribution in [-0.2, 0) is 16.2 Å². The number of hydrogen-bond acceptors (Lipinski definition) is 5. The van der Waals surface area contributed by atoms with Gasteiger partial charge >= 0.3 is 0 Å². The highest BCUT2D eigenvalue weighted by Gasteiger charge is 2.36. The minimum Gasteiger partial charge on any atom is -0.487 e. The normalized spacial score (nSPS) is 14.4. The first kappa shape index (κ1) is 26.7. The number of aryl methyl sites for hydroxylation is 1. The molecule has 184 valence electrons. The fraction of sp³-hybridized carbons (Fsp3) is 0.148. The van der Waals surface area contributed by atoms with Crippen molar-refractivity contribution in [2.75, 3.05) is 11.9 Å². The Balaban J connectivity index is 1.52. The molecule has 0 unspecified atom stereocenters. The Hall–Kier alpha value is -2.38. The highest BCUT2D eigenvalue weighted by Crippen LogP contribution is 2.36. The van der Waals surface area contributed by atoms with Gasteiger partial charge in [0, 0.05) is 14.8 Å². The molecule has 1 heterocycles. The number of carbonyl (C=O) groups is 3. The Morgan fingerprint density at radius 1 is 1.06 bits per heavy atom. The number of nitrogens with one attached hydrogen (secondary N) is 1. The number of rotatable bonds is 7. The molecule has 6 nitrogen and oxygen atoms in total. The van der Waals surface area contributed by atoms with Gasteiger partial charge in [0.2, 0.25) is 5.91 Å². The average molecular weight is 724 g/mol. The SMILES string of the molecule is Cc1cccc(NC(=O)CN2C(=O)S/C(=C/c3cc(I)cc(I)c3OCc3ccccc3)C2=O)c1C. The summed E-state index contributed by atoms with van der Waals surface area (Å²) in [7, 11) is 0. The van der Waals surface area contributed by atoms with Crippen molar-refractivity contribution in [3.63, 3.8) is 0 Å². The van der Waals surface area contributed by atoms with Crippen LogP contribution in [0, 0.1) is 21.0 Å². The van der Waals surface area contributed by atoms with Crippen LogP contribution >= 0.6 is 56.9 Å². The molecule has 1 aliphatic rings. The summed E-state index contributed by atoms with van der Waals surface area (Å²) >= 11 is 5.24. The zero-order valence-corrected chi connectivity index (χ0v) is 24.6. The van der Waals surface area contributed by atoms with E-state index in [9.17, 15) is 14.4 Å². The third-order valence-electron chi connectivity index (χ3n) is 5.60. The molecule has 1 N–H and O–H groups in total. The van der Waals surface area contributed by atoms with E-state index in [1.165, 1.54) is 0 Å². The molecule has 0 saturated carbocycles. The second kappa shape index (κ2) is 11.8. The van der Waals surface area contributed by atoms with Crippen LogP contribution in [0.5, 0.6) is 5.75 Å². The van der Waals surface area contributed by atoms with E-state index in [4.69, 9.17) is 4.74 Å². The van der Waals surface area contributed by atoms with Gasteiger partial charge in [0.15, 0.2) is 0 Å². The maximum absolute atomic E-state index is 13.1. The standard InChI is InChI=1S/C27H22I2N2O4S/c1-16-7-6-10-22(17(16)2)30-24(32)14-31-26(33)23(36-27(31)34)12-19-11-20(28)13-21(29)25(19)35-15-18-8-4-3-5-9-18/h3-13H,14-15H2,1-2H3,(H,30,32)/b23-12+. The number of benzene rings is 3. The Morgan fingerprint density at radius 2 is 1.81 bits per heavy atom. The van der Waals surface area contributed by atoms with Gasteiger partial charge in [-0.05, 0) is 112 Å². The smallest absolute Gasteiger partial charge is 0.294 e. The summed E-state index contributed by atoms with van der Waals surface area (Å²) in [5.74, 6) is -0.286. The Bertz CT molecular complexity index is 1380. The quantitative estimate of drug-likeness (QED) is 0.215. The summed E-state index contributed by atoms with van der Waals surface area (Å²) in [5.41, 5.74) is 4.37. The van der Waals surface area contributed by atoms with Crippen molar-refractivity contribution >= 4 is 85.8 Å². The number of anilines is 1. The molecule has 3 aromatic carbocycles. The predicted molar refractivity (Wildman–Crippen MR) is 160 cm³/mol. The molecular formula is C27H22I2N2O4S. The van der Waals surface area contributed by atoms with Gasteiger partial charge in [0.05, 0.1) is 8.48 Å². The summed E-state index contributed by atoms with van der Waals surface area (Å²) < 4.78 is 7.99. The van der Waals surface area contributed by atoms with E-state index < -0.39 is 17.1 Å². The van der Waals surface area contributed by atoms with E-state index in [1.807, 2.05) is 68.4 Å². The van der Waals surface area contributed by atoms with Gasteiger partial charge in [-0.25, -0.2) is 0 Å². The topological polar surface area (TPSA) is 75.7 Å². The number of hydrogen-bond donors (Lipinski definition) is 1. The lowest BCUT2D eigenvalue weighted by Crippen LogP contribution is -2.36. The van der Waals surface area contributed by atoms with Crippen LogP contribution in [-0.4, -0.2) is 28.5 Å². The second-order valence-corrected chi connectivity index (χ2v) is 11.5. The minimum absolute atomic E-state index is 0.252. The molecular weight excluding hydrogens is 702 g/mol. The van der Waals surface area contributed by atoms with Crippen molar-refractivity contribution in [1.29, 1.82) is 0 Å². The number of amides is 3. The molecule has 0 radical (unpaired) electrons. The summed E-state index contributed by atoms with van der Waals surface area (Å²) in [6.07, 6.45) is 1.66. The Labute approximate surface area is 241 Å². The first-order valence-corrected chi connectivity index (χ1v) is 14.0. The monoisotopic (exact) mass is 724 g/mol. The largest absolute Gasteiger partial charge is 0.487 e. The summed E-state index contributed by atoms with van der Waals surface area (Å²) in [5, 5.41) is 2.33. The predicted octanol–water partition coefficient (Wildman–Crippen LogP) is 6.77. The molecule has 4 rings (SSSR count). The van der Waals surface area contributed by atoms with Crippen LogP contribution in [0.4, 0.5) is 10.5 Å². The molecule has 1 fully saturated rings. The molecule has 1 aliphatic heterocycles. The van der Waals surface area contributed by atoms with E-state index in [1.54, 1.807) is 12.1 Å². The van der Waals surface area contributed by atoms with E-state index in [-0.39, 0.29) is 11.4 Å². The number of nitrogens with zero attached hydrogens (tertiary/aromatic N) is 1. The number of carbonyl (C=O) groups excluding carboxylic acids is 3. The molecule has 0 spiro atoms. The second-order valence-electron chi connectivity index (χ2n) is 8.14. The first-order valence-electron chi connectivity index (χ1n) is 11.0. The van der Waals surface area contributed by atoms with Gasteiger partial charge in [-0.3, -0.25) is 19.3 Å². The van der Waals surface area contributed by atoms with Crippen LogP contribution < -0.4 is 10.1 Å². The third kappa shape index (κ3) is 6.30. The fourth-order valence-electron chi connectivity index (χ4n) is 3.57. The molecule has 0 aliphatic carbocycles. The van der Waals surface area contributed by atoms with Crippen molar-refractivity contribution in [3.05, 3.63) is 95.0 Å². The van der Waals surface area contributed by atoms with Gasteiger partial charge in [-0.1, -0.05) is 42.5 Å². The molecule has 9 heteroatoms. The van der Waals surface area contributed by atoms with Crippen LogP contribution in [0.3, 0.4) is 0 Å². The minimum atomic E-state index is -0.496. The molecule has 0 atom stereocenters. The molecule has 1 saturated heterocycles. The number of thioether (sulfide) groups is 1. The van der Waals surface area contributed by atoms with Crippen molar-refractivity contribution in [1.82, 2.24) is 4.90 Å². The van der Waals surface area contributed by atoms with Crippen LogP contribution in [0.25, 0.3) is 6.08 Å². The number of ether oxygens (including phenoxy) is 1. The Kier molecular flexibility index (Phi) is 8.73. The molecule has 3 amide bonds. The first-order chi connectivity index (χ1) is 17.2. The van der Waals surface area contributed by atoms with Crippen molar-refractivity contribution < 1.29 is 19.1 Å². The zero-order valence-electron chi connectivity index (χ0n) is 19.5. The maximum atomic E-state index is 13.1. The fourth-order valence-corrected chi connectivity index (χ4v) is 6.44. The van der Waals surface area contributed by atoms with Gasteiger partial charge < -0.3 is 10.1 Å². The van der Waals surface area contributed by atoms with Gasteiger partial charge in [0.1, 0.15) is 18.9 Å². The lowest BCUT2D eigenvalue weighted by atomic mass is 10.1. The van der Waals surface area contributed by atoms with Crippen molar-refractivity contribution in [2.24, 2.45) is 0 Å². The summed E-state index contributed by atoms with van der Waals surface area (Å²) in [6, 6.07) is 19.3. The van der Waals surface area contributed by atoms with E-state index >= 15 is 0 Å². The number of halogens is 2. The van der Waals surface area contributed by atoms with E-state index in [2.05, 4.69) is 50.5 Å². The summed E-state index contributed by atoms with van der Waals surface area (Å²) in [4.78, 5) is 39.6. The molecule has 3 aromatic rings.